The molecule has 0 aliphatic carbocycles. The lowest BCUT2D eigenvalue weighted by Gasteiger charge is -2.09. The predicted molar refractivity (Wildman–Crippen MR) is 107 cm³/mol. The third-order valence-corrected chi connectivity index (χ3v) is 5.23. The Balaban J connectivity index is 1.65. The molecule has 2 heterocycles. The average molecular weight is 413 g/mol. The van der Waals surface area contributed by atoms with Crippen LogP contribution in [0, 0.1) is 10.1 Å². The Morgan fingerprint density at radius 2 is 1.82 bits per heavy atom. The molecule has 7 nitrogen and oxygen atoms in total. The van der Waals surface area contributed by atoms with Crippen molar-refractivity contribution in [3.63, 3.8) is 0 Å². The van der Waals surface area contributed by atoms with Gasteiger partial charge in [-0.25, -0.2) is 0 Å². The summed E-state index contributed by atoms with van der Waals surface area (Å²) >= 11 is 7.49. The minimum absolute atomic E-state index is 0.0678. The molecule has 0 N–H and O–H groups in total. The summed E-state index contributed by atoms with van der Waals surface area (Å²) in [5.41, 5.74) is 1.87. The zero-order valence-electron chi connectivity index (χ0n) is 14.4. The number of benzene rings is 2. The van der Waals surface area contributed by atoms with E-state index >= 15 is 0 Å². The van der Waals surface area contributed by atoms with E-state index in [-0.39, 0.29) is 5.69 Å². The fraction of sp³-hybridized carbons (Fsp3) is 0.0526. The fourth-order valence-electron chi connectivity index (χ4n) is 2.61. The Bertz CT molecular complexity index is 1090. The molecule has 0 fully saturated rings. The highest BCUT2D eigenvalue weighted by molar-refractivity contribution is 7.98. The Hall–Kier alpha value is -3.10. The van der Waals surface area contributed by atoms with Crippen LogP contribution in [-0.4, -0.2) is 19.7 Å². The van der Waals surface area contributed by atoms with Gasteiger partial charge < -0.3 is 4.42 Å². The smallest absolute Gasteiger partial charge is 0.269 e. The quantitative estimate of drug-likeness (QED) is 0.240. The maximum atomic E-state index is 10.8. The van der Waals surface area contributed by atoms with E-state index in [1.807, 2.05) is 22.8 Å². The second-order valence-electron chi connectivity index (χ2n) is 5.81. The van der Waals surface area contributed by atoms with Crippen LogP contribution in [0.15, 0.2) is 76.5 Å². The normalized spacial score (nSPS) is 10.9. The van der Waals surface area contributed by atoms with Crippen LogP contribution in [0.5, 0.6) is 0 Å². The summed E-state index contributed by atoms with van der Waals surface area (Å²) in [6.45, 7) is 0. The first-order chi connectivity index (χ1) is 13.6. The second-order valence-corrected chi connectivity index (χ2v) is 7.19. The van der Waals surface area contributed by atoms with Crippen LogP contribution in [0.4, 0.5) is 5.69 Å². The number of hydrogen-bond donors (Lipinski definition) is 0. The maximum Gasteiger partial charge on any atom is 0.269 e. The molecule has 2 aromatic carbocycles. The molecule has 0 bridgehead atoms. The van der Waals surface area contributed by atoms with Gasteiger partial charge in [0, 0.05) is 28.6 Å². The molecule has 0 radical (unpaired) electrons. The van der Waals surface area contributed by atoms with Gasteiger partial charge in [0.25, 0.3) is 5.69 Å². The van der Waals surface area contributed by atoms with Crippen molar-refractivity contribution >= 4 is 29.1 Å². The predicted octanol–water partition coefficient (Wildman–Crippen LogP) is 5.38. The zero-order valence-corrected chi connectivity index (χ0v) is 15.9. The molecular formula is C19H13ClN4O3S. The first kappa shape index (κ1) is 18.3. The molecule has 0 saturated carbocycles. The standard InChI is InChI=1S/C19H13ClN4O3S/c20-14-5-9-15(10-6-14)23-18(17-2-1-11-27-17)21-22-19(23)28-12-13-3-7-16(8-4-13)24(25)26/h1-11H,12H2. The molecule has 0 spiro atoms. The molecule has 0 amide bonds. The van der Waals surface area contributed by atoms with Gasteiger partial charge in [0.1, 0.15) is 0 Å². The molecule has 0 saturated heterocycles. The summed E-state index contributed by atoms with van der Waals surface area (Å²) in [6.07, 6.45) is 1.58. The number of nitro benzene ring substituents is 1. The molecule has 4 aromatic rings. The molecule has 140 valence electrons. The lowest BCUT2D eigenvalue weighted by molar-refractivity contribution is -0.384. The van der Waals surface area contributed by atoms with E-state index in [1.165, 1.54) is 23.9 Å². The van der Waals surface area contributed by atoms with Crippen molar-refractivity contribution in [2.45, 2.75) is 10.9 Å². The van der Waals surface area contributed by atoms with E-state index in [0.29, 0.717) is 27.5 Å². The number of furan rings is 1. The second kappa shape index (κ2) is 7.87. The minimum Gasteiger partial charge on any atom is -0.461 e. The van der Waals surface area contributed by atoms with Crippen molar-refractivity contribution < 1.29 is 9.34 Å². The number of rotatable bonds is 6. The Labute approximate surface area is 169 Å². The molecule has 28 heavy (non-hydrogen) atoms. The first-order valence-corrected chi connectivity index (χ1v) is 9.59. The van der Waals surface area contributed by atoms with Crippen LogP contribution in [0.2, 0.25) is 5.02 Å². The van der Waals surface area contributed by atoms with Gasteiger partial charge in [-0.15, -0.1) is 10.2 Å². The highest BCUT2D eigenvalue weighted by Crippen LogP contribution is 2.30. The van der Waals surface area contributed by atoms with Gasteiger partial charge in [-0.3, -0.25) is 14.7 Å². The number of aromatic nitrogens is 3. The third-order valence-electron chi connectivity index (χ3n) is 3.97. The van der Waals surface area contributed by atoms with E-state index in [9.17, 15) is 10.1 Å². The van der Waals surface area contributed by atoms with Crippen molar-refractivity contribution in [3.8, 4) is 17.3 Å². The Morgan fingerprint density at radius 3 is 2.46 bits per heavy atom. The molecule has 4 rings (SSSR count). The maximum absolute atomic E-state index is 10.8. The summed E-state index contributed by atoms with van der Waals surface area (Å²) in [4.78, 5) is 10.4. The summed E-state index contributed by atoms with van der Waals surface area (Å²) in [6, 6.07) is 17.4. The Kier molecular flexibility index (Phi) is 5.14. The third kappa shape index (κ3) is 3.78. The SMILES string of the molecule is O=[N+]([O-])c1ccc(CSc2nnc(-c3ccco3)n2-c2ccc(Cl)cc2)cc1. The van der Waals surface area contributed by atoms with E-state index in [1.54, 1.807) is 36.6 Å². The summed E-state index contributed by atoms with van der Waals surface area (Å²) in [5.74, 6) is 1.77. The van der Waals surface area contributed by atoms with E-state index < -0.39 is 4.92 Å². The van der Waals surface area contributed by atoms with Crippen molar-refractivity contribution in [1.29, 1.82) is 0 Å². The fourth-order valence-corrected chi connectivity index (χ4v) is 3.65. The van der Waals surface area contributed by atoms with Crippen LogP contribution < -0.4 is 0 Å². The molecule has 9 heteroatoms. The molecule has 0 aliphatic rings. The number of hydrogen-bond acceptors (Lipinski definition) is 6. The van der Waals surface area contributed by atoms with Crippen LogP contribution in [0.1, 0.15) is 5.56 Å². The summed E-state index contributed by atoms with van der Waals surface area (Å²) in [7, 11) is 0. The zero-order chi connectivity index (χ0) is 19.5. The van der Waals surface area contributed by atoms with Crippen LogP contribution >= 0.6 is 23.4 Å². The first-order valence-electron chi connectivity index (χ1n) is 8.23. The van der Waals surface area contributed by atoms with Gasteiger partial charge in [0.15, 0.2) is 10.9 Å². The largest absolute Gasteiger partial charge is 0.461 e. The number of nitro groups is 1. The molecule has 0 unspecified atom stereocenters. The van der Waals surface area contributed by atoms with Crippen LogP contribution in [-0.2, 0) is 5.75 Å². The molecule has 0 aliphatic heterocycles. The van der Waals surface area contributed by atoms with E-state index in [2.05, 4.69) is 10.2 Å². The van der Waals surface area contributed by atoms with Crippen LogP contribution in [0.25, 0.3) is 17.3 Å². The molecular weight excluding hydrogens is 400 g/mol. The molecule has 2 aromatic heterocycles. The van der Waals surface area contributed by atoms with E-state index in [0.717, 1.165) is 11.3 Å². The highest BCUT2D eigenvalue weighted by Gasteiger charge is 2.18. The van der Waals surface area contributed by atoms with Gasteiger partial charge in [-0.05, 0) is 42.0 Å². The van der Waals surface area contributed by atoms with Crippen molar-refractivity contribution in [2.24, 2.45) is 0 Å². The topological polar surface area (TPSA) is 87.0 Å². The minimum atomic E-state index is -0.413. The molecule has 0 atom stereocenters. The lowest BCUT2D eigenvalue weighted by Crippen LogP contribution is -1.99. The van der Waals surface area contributed by atoms with E-state index in [4.69, 9.17) is 16.0 Å². The lowest BCUT2D eigenvalue weighted by atomic mass is 10.2. The monoisotopic (exact) mass is 412 g/mol. The van der Waals surface area contributed by atoms with Gasteiger partial charge in [-0.1, -0.05) is 35.5 Å². The number of halogens is 1. The Morgan fingerprint density at radius 1 is 1.07 bits per heavy atom. The van der Waals surface area contributed by atoms with Gasteiger partial charge in [-0.2, -0.15) is 0 Å². The van der Waals surface area contributed by atoms with Gasteiger partial charge in [0.2, 0.25) is 5.82 Å². The number of non-ortho nitro benzene ring substituents is 1. The van der Waals surface area contributed by atoms with Crippen molar-refractivity contribution in [2.75, 3.05) is 0 Å². The van der Waals surface area contributed by atoms with Crippen molar-refractivity contribution in [3.05, 3.63) is 87.6 Å². The van der Waals surface area contributed by atoms with Gasteiger partial charge in [0.05, 0.1) is 11.2 Å². The average Bonchev–Trinajstić information content (AvgIpc) is 3.37. The van der Waals surface area contributed by atoms with Gasteiger partial charge >= 0.3 is 0 Å². The van der Waals surface area contributed by atoms with Crippen molar-refractivity contribution in [1.82, 2.24) is 14.8 Å². The number of nitrogens with zero attached hydrogens (tertiary/aromatic N) is 4. The summed E-state index contributed by atoms with van der Waals surface area (Å²) < 4.78 is 7.39. The number of thioether (sulfide) groups is 1. The van der Waals surface area contributed by atoms with Crippen LogP contribution in [0.3, 0.4) is 0 Å². The summed E-state index contributed by atoms with van der Waals surface area (Å²) in [5, 5.41) is 20.7. The highest BCUT2D eigenvalue weighted by atomic mass is 35.5.